The first-order valence-corrected chi connectivity index (χ1v) is 8.94. The van der Waals surface area contributed by atoms with E-state index < -0.39 is 11.6 Å². The van der Waals surface area contributed by atoms with Crippen molar-refractivity contribution in [3.63, 3.8) is 0 Å². The number of benzene rings is 1. The van der Waals surface area contributed by atoms with Crippen molar-refractivity contribution in [2.75, 3.05) is 19.6 Å². The minimum Gasteiger partial charge on any atom is -0.478 e. The summed E-state index contributed by atoms with van der Waals surface area (Å²) < 4.78 is 5.96. The highest BCUT2D eigenvalue weighted by atomic mass is 16.5. The molecule has 130 valence electrons. The zero-order valence-corrected chi connectivity index (χ0v) is 14.4. The average molecular weight is 329 g/mol. The van der Waals surface area contributed by atoms with E-state index in [4.69, 9.17) is 4.74 Å². The van der Waals surface area contributed by atoms with Gasteiger partial charge in [0.25, 0.3) is 0 Å². The highest BCUT2D eigenvalue weighted by molar-refractivity contribution is 5.78. The smallest absolute Gasteiger partial charge is 0.348 e. The molecule has 2 aliphatic rings. The molecule has 1 N–H and O–H groups in total. The molecule has 1 aliphatic carbocycles. The molecule has 1 aliphatic heterocycles. The third kappa shape index (κ3) is 3.99. The van der Waals surface area contributed by atoms with Crippen molar-refractivity contribution in [2.24, 2.45) is 5.92 Å². The Labute approximate surface area is 144 Å². The number of ether oxygens (including phenoxy) is 1. The van der Waals surface area contributed by atoms with E-state index in [1.165, 1.54) is 12.8 Å². The molecule has 0 saturated carbocycles. The first kappa shape index (κ1) is 17.0. The van der Waals surface area contributed by atoms with Crippen LogP contribution in [-0.2, 0) is 4.79 Å². The van der Waals surface area contributed by atoms with Gasteiger partial charge >= 0.3 is 5.97 Å². The summed E-state index contributed by atoms with van der Waals surface area (Å²) in [6, 6.07) is 7.63. The van der Waals surface area contributed by atoms with Gasteiger partial charge in [0.05, 0.1) is 0 Å². The van der Waals surface area contributed by atoms with Crippen LogP contribution in [0.3, 0.4) is 0 Å². The number of carbonyl (C=O) groups is 1. The lowest BCUT2D eigenvalue weighted by molar-refractivity contribution is -0.159. The van der Waals surface area contributed by atoms with Gasteiger partial charge in [0.1, 0.15) is 5.75 Å². The highest BCUT2D eigenvalue weighted by Crippen LogP contribution is 2.30. The standard InChI is InChI=1S/C20H27NO3/c1-16-7-9-18(10-8-16)24-20(19(22)23)11-13-21(14-12-20)15-17-5-3-2-4-6-17/h2-3,7-10,17H,4-6,11-15H2,1H3,(H,22,23)/t17-/m1/s1. The number of carboxylic acids is 1. The van der Waals surface area contributed by atoms with Gasteiger partial charge in [0, 0.05) is 32.5 Å². The second-order valence-electron chi connectivity index (χ2n) is 7.17. The summed E-state index contributed by atoms with van der Waals surface area (Å²) in [5.41, 5.74) is 0.0566. The van der Waals surface area contributed by atoms with Gasteiger partial charge in [-0.1, -0.05) is 29.8 Å². The van der Waals surface area contributed by atoms with Crippen molar-refractivity contribution in [2.45, 2.75) is 44.6 Å². The number of aryl methyl sites for hydroxylation is 1. The normalized spacial score (nSPS) is 23.8. The maximum Gasteiger partial charge on any atom is 0.348 e. The number of hydrogen-bond donors (Lipinski definition) is 1. The van der Waals surface area contributed by atoms with Crippen molar-refractivity contribution >= 4 is 5.97 Å². The molecule has 4 nitrogen and oxygen atoms in total. The van der Waals surface area contributed by atoms with Gasteiger partial charge in [-0.3, -0.25) is 0 Å². The van der Waals surface area contributed by atoms with E-state index in [-0.39, 0.29) is 0 Å². The van der Waals surface area contributed by atoms with Crippen LogP contribution >= 0.6 is 0 Å². The van der Waals surface area contributed by atoms with Crippen LogP contribution in [0.1, 0.15) is 37.7 Å². The molecule has 0 aromatic heterocycles. The second-order valence-corrected chi connectivity index (χ2v) is 7.17. The average Bonchev–Trinajstić information content (AvgIpc) is 2.59. The lowest BCUT2D eigenvalue weighted by atomic mass is 9.88. The molecular formula is C20H27NO3. The molecule has 0 bridgehead atoms. The molecule has 1 aromatic rings. The highest BCUT2D eigenvalue weighted by Gasteiger charge is 2.44. The van der Waals surface area contributed by atoms with E-state index >= 15 is 0 Å². The Morgan fingerprint density at radius 2 is 1.96 bits per heavy atom. The molecule has 1 saturated heterocycles. The van der Waals surface area contributed by atoms with E-state index in [1.807, 2.05) is 31.2 Å². The van der Waals surface area contributed by atoms with Crippen LogP contribution in [0.4, 0.5) is 0 Å². The minimum absolute atomic E-state index is 0.540. The predicted molar refractivity (Wildman–Crippen MR) is 94.3 cm³/mol. The zero-order chi connectivity index (χ0) is 17.0. The number of nitrogens with zero attached hydrogens (tertiary/aromatic N) is 1. The van der Waals surface area contributed by atoms with E-state index in [0.717, 1.165) is 31.6 Å². The molecular weight excluding hydrogens is 302 g/mol. The van der Waals surface area contributed by atoms with E-state index in [0.29, 0.717) is 24.5 Å². The fourth-order valence-electron chi connectivity index (χ4n) is 3.68. The summed E-state index contributed by atoms with van der Waals surface area (Å²) in [5.74, 6) is 0.516. The van der Waals surface area contributed by atoms with Crippen molar-refractivity contribution in [3.8, 4) is 5.75 Å². The monoisotopic (exact) mass is 329 g/mol. The van der Waals surface area contributed by atoms with Gasteiger partial charge < -0.3 is 14.7 Å². The molecule has 0 radical (unpaired) electrons. The lowest BCUT2D eigenvalue weighted by Crippen LogP contribution is -2.53. The van der Waals surface area contributed by atoms with E-state index in [9.17, 15) is 9.90 Å². The number of likely N-dealkylation sites (tertiary alicyclic amines) is 1. The van der Waals surface area contributed by atoms with Gasteiger partial charge in [-0.15, -0.1) is 0 Å². The van der Waals surface area contributed by atoms with Gasteiger partial charge in [0.15, 0.2) is 0 Å². The number of piperidine rings is 1. The van der Waals surface area contributed by atoms with Crippen molar-refractivity contribution < 1.29 is 14.6 Å². The van der Waals surface area contributed by atoms with Crippen molar-refractivity contribution in [1.82, 2.24) is 4.90 Å². The zero-order valence-electron chi connectivity index (χ0n) is 14.4. The first-order chi connectivity index (χ1) is 11.6. The first-order valence-electron chi connectivity index (χ1n) is 8.94. The molecule has 3 rings (SSSR count). The van der Waals surface area contributed by atoms with Crippen LogP contribution in [0.25, 0.3) is 0 Å². The Bertz CT molecular complexity index is 585. The third-order valence-electron chi connectivity index (χ3n) is 5.28. The number of aliphatic carboxylic acids is 1. The minimum atomic E-state index is -1.09. The molecule has 1 aromatic carbocycles. The van der Waals surface area contributed by atoms with Gasteiger partial charge in [-0.2, -0.15) is 0 Å². The summed E-state index contributed by atoms with van der Waals surface area (Å²) >= 11 is 0. The molecule has 1 heterocycles. The fraction of sp³-hybridized carbons (Fsp3) is 0.550. The maximum atomic E-state index is 11.9. The Kier molecular flexibility index (Phi) is 5.24. The van der Waals surface area contributed by atoms with Crippen molar-refractivity contribution in [3.05, 3.63) is 42.0 Å². The molecule has 0 unspecified atom stereocenters. The SMILES string of the molecule is Cc1ccc(OC2(C(=O)O)CCN(C[C@@H]3CC=CCC3)CC2)cc1. The predicted octanol–water partition coefficient (Wildman–Crippen LogP) is 3.65. The number of allylic oxidation sites excluding steroid dienone is 2. The van der Waals surface area contributed by atoms with Gasteiger partial charge in [-0.05, 0) is 44.2 Å². The van der Waals surface area contributed by atoms with E-state index in [1.54, 1.807) is 0 Å². The maximum absolute atomic E-state index is 11.9. The Balaban J connectivity index is 1.60. The fourth-order valence-corrected chi connectivity index (χ4v) is 3.68. The summed E-state index contributed by atoms with van der Waals surface area (Å²) in [7, 11) is 0. The quantitative estimate of drug-likeness (QED) is 0.838. The topological polar surface area (TPSA) is 49.8 Å². The molecule has 0 spiro atoms. The van der Waals surface area contributed by atoms with E-state index in [2.05, 4.69) is 17.1 Å². The molecule has 1 atom stereocenters. The number of hydrogen-bond acceptors (Lipinski definition) is 3. The van der Waals surface area contributed by atoms with Crippen LogP contribution in [0.2, 0.25) is 0 Å². The van der Waals surface area contributed by atoms with Gasteiger partial charge in [-0.25, -0.2) is 4.79 Å². The van der Waals surface area contributed by atoms with Crippen molar-refractivity contribution in [1.29, 1.82) is 0 Å². The number of rotatable bonds is 5. The molecule has 4 heteroatoms. The van der Waals surface area contributed by atoms with Crippen LogP contribution in [-0.4, -0.2) is 41.2 Å². The second kappa shape index (κ2) is 7.39. The number of carboxylic acid groups (broad SMARTS) is 1. The van der Waals surface area contributed by atoms with Crippen LogP contribution in [0.15, 0.2) is 36.4 Å². The molecule has 24 heavy (non-hydrogen) atoms. The summed E-state index contributed by atoms with van der Waals surface area (Å²) in [5, 5.41) is 9.76. The molecule has 1 fully saturated rings. The summed E-state index contributed by atoms with van der Waals surface area (Å²) in [4.78, 5) is 14.3. The Hall–Kier alpha value is -1.81. The van der Waals surface area contributed by atoms with Crippen LogP contribution < -0.4 is 4.74 Å². The van der Waals surface area contributed by atoms with Crippen LogP contribution in [0, 0.1) is 12.8 Å². The van der Waals surface area contributed by atoms with Gasteiger partial charge in [0.2, 0.25) is 5.60 Å². The third-order valence-corrected chi connectivity index (χ3v) is 5.28. The largest absolute Gasteiger partial charge is 0.478 e. The molecule has 0 amide bonds. The summed E-state index contributed by atoms with van der Waals surface area (Å²) in [6.45, 7) is 4.66. The Morgan fingerprint density at radius 3 is 2.54 bits per heavy atom. The Morgan fingerprint density at radius 1 is 1.25 bits per heavy atom. The summed E-state index contributed by atoms with van der Waals surface area (Å²) in [6.07, 6.45) is 9.20. The lowest BCUT2D eigenvalue weighted by Gasteiger charge is -2.40. The van der Waals surface area contributed by atoms with Crippen LogP contribution in [0.5, 0.6) is 5.75 Å².